The van der Waals surface area contributed by atoms with Crippen LogP contribution in [0.2, 0.25) is 0 Å². The first-order valence-electron chi connectivity index (χ1n) is 10.7. The molecule has 0 fully saturated rings. The number of ether oxygens (including phenoxy) is 1. The van der Waals surface area contributed by atoms with Crippen molar-refractivity contribution in [1.82, 2.24) is 0 Å². The Balaban J connectivity index is 1.84. The van der Waals surface area contributed by atoms with Gasteiger partial charge in [-0.25, -0.2) is 0 Å². The minimum Gasteiger partial charge on any atom is -0.508 e. The fourth-order valence-electron chi connectivity index (χ4n) is 3.83. The maximum absolute atomic E-state index is 10.8. The summed E-state index contributed by atoms with van der Waals surface area (Å²) in [6.45, 7) is 7.55. The van der Waals surface area contributed by atoms with Gasteiger partial charge in [0, 0.05) is 11.6 Å². The zero-order valence-electron chi connectivity index (χ0n) is 19.1. The first kappa shape index (κ1) is 22.1. The summed E-state index contributed by atoms with van der Waals surface area (Å²) in [6.07, 6.45) is 0. The van der Waals surface area contributed by atoms with Crippen molar-refractivity contribution in [1.29, 1.82) is 0 Å². The number of hydrogen-bond donors (Lipinski definition) is 3. The first-order valence-corrected chi connectivity index (χ1v) is 10.7. The third-order valence-corrected chi connectivity index (χ3v) is 5.61. The summed E-state index contributed by atoms with van der Waals surface area (Å²) in [4.78, 5) is 1.79. The molecule has 0 bridgehead atoms. The van der Waals surface area contributed by atoms with Gasteiger partial charge in [-0.05, 0) is 86.8 Å². The minimum absolute atomic E-state index is 0.0981. The Labute approximate surface area is 193 Å². The maximum atomic E-state index is 10.8. The van der Waals surface area contributed by atoms with Crippen molar-refractivity contribution in [3.8, 4) is 28.7 Å². The van der Waals surface area contributed by atoms with Crippen molar-refractivity contribution in [3.05, 3.63) is 95.1 Å². The first-order chi connectivity index (χ1) is 15.7. The van der Waals surface area contributed by atoms with Gasteiger partial charge in [0.2, 0.25) is 0 Å². The van der Waals surface area contributed by atoms with E-state index in [1.54, 1.807) is 23.1 Å². The van der Waals surface area contributed by atoms with Gasteiger partial charge in [-0.15, -0.1) is 0 Å². The number of aromatic hydroxyl groups is 3. The molecule has 0 amide bonds. The van der Waals surface area contributed by atoms with Gasteiger partial charge in [0.15, 0.2) is 0 Å². The summed E-state index contributed by atoms with van der Waals surface area (Å²) in [5.74, 6) is 1.52. The maximum Gasteiger partial charge on any atom is 0.139 e. The van der Waals surface area contributed by atoms with E-state index in [1.165, 1.54) is 0 Å². The van der Waals surface area contributed by atoms with Gasteiger partial charge in [0.05, 0.1) is 17.1 Å². The molecule has 4 aromatic rings. The normalized spacial score (nSPS) is 10.8. The van der Waals surface area contributed by atoms with Crippen LogP contribution in [0.25, 0.3) is 0 Å². The molecule has 0 saturated carbocycles. The Morgan fingerprint density at radius 1 is 0.636 bits per heavy atom. The van der Waals surface area contributed by atoms with E-state index < -0.39 is 0 Å². The Kier molecular flexibility index (Phi) is 5.88. The second-order valence-electron chi connectivity index (χ2n) is 8.27. The van der Waals surface area contributed by atoms with Gasteiger partial charge in [-0.3, -0.25) is 0 Å². The van der Waals surface area contributed by atoms with Crippen molar-refractivity contribution in [3.63, 3.8) is 0 Å². The van der Waals surface area contributed by atoms with Crippen molar-refractivity contribution in [2.45, 2.75) is 27.7 Å². The van der Waals surface area contributed by atoms with E-state index in [-0.39, 0.29) is 17.2 Å². The SMILES string of the molecule is Cc1ccc(N(c2cccc(Oc3c(C)ccc(O)c3C)c2)c2ccc(C)cc2O)c(O)c1. The number of rotatable bonds is 5. The molecule has 4 rings (SSSR count). The lowest BCUT2D eigenvalue weighted by atomic mass is 10.1. The number of benzene rings is 4. The molecule has 0 aliphatic carbocycles. The molecule has 0 aromatic heterocycles. The van der Waals surface area contributed by atoms with E-state index in [0.29, 0.717) is 34.1 Å². The average Bonchev–Trinajstić information content (AvgIpc) is 2.77. The predicted octanol–water partition coefficient (Wildman–Crippen LogP) is 7.30. The summed E-state index contributed by atoms with van der Waals surface area (Å²) >= 11 is 0. The molecule has 168 valence electrons. The van der Waals surface area contributed by atoms with Crippen LogP contribution in [-0.4, -0.2) is 15.3 Å². The van der Waals surface area contributed by atoms with Crippen molar-refractivity contribution < 1.29 is 20.1 Å². The second kappa shape index (κ2) is 8.79. The van der Waals surface area contributed by atoms with Crippen LogP contribution in [0.4, 0.5) is 17.1 Å². The second-order valence-corrected chi connectivity index (χ2v) is 8.27. The summed E-state index contributed by atoms with van der Waals surface area (Å²) in [5, 5.41) is 31.6. The molecule has 33 heavy (non-hydrogen) atoms. The molecule has 4 aromatic carbocycles. The number of hydrogen-bond acceptors (Lipinski definition) is 5. The van der Waals surface area contributed by atoms with E-state index in [0.717, 1.165) is 16.7 Å². The van der Waals surface area contributed by atoms with Crippen LogP contribution in [0.5, 0.6) is 28.7 Å². The molecular formula is C28H27NO4. The average molecular weight is 442 g/mol. The van der Waals surface area contributed by atoms with E-state index in [4.69, 9.17) is 4.74 Å². The molecule has 3 N–H and O–H groups in total. The van der Waals surface area contributed by atoms with Crippen molar-refractivity contribution in [2.24, 2.45) is 0 Å². The van der Waals surface area contributed by atoms with Gasteiger partial charge >= 0.3 is 0 Å². The van der Waals surface area contributed by atoms with Gasteiger partial charge in [-0.1, -0.05) is 24.3 Å². The third-order valence-electron chi connectivity index (χ3n) is 5.61. The van der Waals surface area contributed by atoms with Gasteiger partial charge in [0.1, 0.15) is 28.7 Å². The van der Waals surface area contributed by atoms with Gasteiger partial charge < -0.3 is 25.0 Å². The predicted molar refractivity (Wildman–Crippen MR) is 132 cm³/mol. The van der Waals surface area contributed by atoms with Gasteiger partial charge in [-0.2, -0.15) is 0 Å². The Hall–Kier alpha value is -4.12. The van der Waals surface area contributed by atoms with Crippen LogP contribution >= 0.6 is 0 Å². The van der Waals surface area contributed by atoms with Crippen molar-refractivity contribution in [2.75, 3.05) is 4.90 Å². The van der Waals surface area contributed by atoms with Gasteiger partial charge in [0.25, 0.3) is 0 Å². The fourth-order valence-corrected chi connectivity index (χ4v) is 3.83. The lowest BCUT2D eigenvalue weighted by Crippen LogP contribution is -2.10. The Morgan fingerprint density at radius 2 is 1.24 bits per heavy atom. The van der Waals surface area contributed by atoms with Crippen LogP contribution in [-0.2, 0) is 0 Å². The zero-order valence-corrected chi connectivity index (χ0v) is 19.1. The number of aryl methyl sites for hydroxylation is 3. The topological polar surface area (TPSA) is 73.2 Å². The molecule has 0 heterocycles. The van der Waals surface area contributed by atoms with Crippen LogP contribution in [0.1, 0.15) is 22.3 Å². The summed E-state index contributed by atoms with van der Waals surface area (Å²) in [5.41, 5.74) is 5.17. The fraction of sp³-hybridized carbons (Fsp3) is 0.143. The molecule has 0 spiro atoms. The van der Waals surface area contributed by atoms with Crippen LogP contribution in [0, 0.1) is 27.7 Å². The van der Waals surface area contributed by atoms with Crippen LogP contribution < -0.4 is 9.64 Å². The molecule has 0 atom stereocenters. The Morgan fingerprint density at radius 3 is 1.82 bits per heavy atom. The quantitative estimate of drug-likeness (QED) is 0.303. The highest BCUT2D eigenvalue weighted by Crippen LogP contribution is 2.45. The molecule has 0 aliphatic heterocycles. The van der Waals surface area contributed by atoms with E-state index in [1.807, 2.05) is 82.3 Å². The van der Waals surface area contributed by atoms with E-state index in [9.17, 15) is 15.3 Å². The third kappa shape index (κ3) is 4.44. The number of anilines is 3. The van der Waals surface area contributed by atoms with E-state index >= 15 is 0 Å². The molecule has 0 aliphatic rings. The number of phenols is 3. The highest BCUT2D eigenvalue weighted by molar-refractivity contribution is 5.83. The standard InChI is InChI=1S/C28H27NO4/c1-17-8-11-23(26(31)14-17)29(24-12-9-18(2)15-27(24)32)21-6-5-7-22(16-21)33-28-19(3)10-13-25(30)20(28)4/h5-16,30-32H,1-4H3. The highest BCUT2D eigenvalue weighted by Gasteiger charge is 2.20. The lowest BCUT2D eigenvalue weighted by Gasteiger charge is -2.27. The summed E-state index contributed by atoms with van der Waals surface area (Å²) in [6, 6.07) is 21.7. The monoisotopic (exact) mass is 441 g/mol. The summed E-state index contributed by atoms with van der Waals surface area (Å²) in [7, 11) is 0. The minimum atomic E-state index is 0.0981. The molecule has 5 nitrogen and oxygen atoms in total. The van der Waals surface area contributed by atoms with Crippen LogP contribution in [0.15, 0.2) is 72.8 Å². The molecular weight excluding hydrogens is 414 g/mol. The molecule has 5 heteroatoms. The zero-order chi connectivity index (χ0) is 23.7. The molecule has 0 unspecified atom stereocenters. The smallest absolute Gasteiger partial charge is 0.139 e. The molecule has 0 saturated heterocycles. The highest BCUT2D eigenvalue weighted by atomic mass is 16.5. The number of phenolic OH excluding ortho intramolecular Hbond substituents is 3. The van der Waals surface area contributed by atoms with E-state index in [2.05, 4.69) is 0 Å². The number of nitrogens with zero attached hydrogens (tertiary/aromatic N) is 1. The van der Waals surface area contributed by atoms with Crippen molar-refractivity contribution >= 4 is 17.1 Å². The molecule has 0 radical (unpaired) electrons. The van der Waals surface area contributed by atoms with Crippen LogP contribution in [0.3, 0.4) is 0 Å². The lowest BCUT2D eigenvalue weighted by molar-refractivity contribution is 0.446. The Bertz CT molecular complexity index is 1280. The summed E-state index contributed by atoms with van der Waals surface area (Å²) < 4.78 is 6.17. The largest absolute Gasteiger partial charge is 0.508 e.